The molecule has 0 saturated heterocycles. The third-order valence-corrected chi connectivity index (χ3v) is 3.00. The number of halogens is 2. The minimum atomic E-state index is -0.446. The molecule has 0 saturated carbocycles. The summed E-state index contributed by atoms with van der Waals surface area (Å²) in [6, 6.07) is 3.06. The molecule has 5 nitrogen and oxygen atoms in total. The van der Waals surface area contributed by atoms with Crippen molar-refractivity contribution in [3.8, 4) is 22.8 Å². The predicted molar refractivity (Wildman–Crippen MR) is 62.2 cm³/mol. The van der Waals surface area contributed by atoms with E-state index in [2.05, 4.69) is 26.1 Å². The Morgan fingerprint density at radius 3 is 2.94 bits per heavy atom. The van der Waals surface area contributed by atoms with Crippen LogP contribution in [0.4, 0.5) is 10.2 Å². The highest BCUT2D eigenvalue weighted by atomic mass is 79.9. The van der Waals surface area contributed by atoms with Gasteiger partial charge in [-0.1, -0.05) is 0 Å². The van der Waals surface area contributed by atoms with E-state index in [0.717, 1.165) is 0 Å². The molecule has 2 aromatic rings. The minimum Gasteiger partial charge on any atom is -0.454 e. The molecule has 88 valence electrons. The van der Waals surface area contributed by atoms with E-state index in [1.807, 2.05) is 0 Å². The van der Waals surface area contributed by atoms with Gasteiger partial charge in [0.05, 0.1) is 15.7 Å². The van der Waals surface area contributed by atoms with Crippen LogP contribution in [0.25, 0.3) is 11.3 Å². The smallest absolute Gasteiger partial charge is 0.231 e. The number of nitrogens with two attached hydrogens (primary N) is 1. The first kappa shape index (κ1) is 10.4. The number of nitrogens with zero attached hydrogens (tertiary/aromatic N) is 1. The van der Waals surface area contributed by atoms with E-state index < -0.39 is 5.82 Å². The van der Waals surface area contributed by atoms with Gasteiger partial charge in [0, 0.05) is 12.1 Å². The second-order valence-corrected chi connectivity index (χ2v) is 4.34. The van der Waals surface area contributed by atoms with E-state index in [0.29, 0.717) is 21.7 Å². The first-order chi connectivity index (χ1) is 8.16. The lowest BCUT2D eigenvalue weighted by molar-refractivity contribution is 0.174. The summed E-state index contributed by atoms with van der Waals surface area (Å²) in [6.45, 7) is 0.0713. The second-order valence-electron chi connectivity index (χ2n) is 3.49. The maximum absolute atomic E-state index is 14.1. The standard InChI is InChI=1S/C10H7BrFN3O2/c11-4-1-6-10(17-3-16-6)8(9(4)12)5-2-7(13)15-14-5/h1-2H,3H2,(H3,13,14,15). The number of fused-ring (bicyclic) bond motifs is 1. The van der Waals surface area contributed by atoms with E-state index >= 15 is 0 Å². The maximum Gasteiger partial charge on any atom is 0.231 e. The number of benzene rings is 1. The van der Waals surface area contributed by atoms with Crippen molar-refractivity contribution in [2.75, 3.05) is 12.5 Å². The highest BCUT2D eigenvalue weighted by Gasteiger charge is 2.26. The Morgan fingerprint density at radius 1 is 1.41 bits per heavy atom. The van der Waals surface area contributed by atoms with Crippen LogP contribution in [-0.2, 0) is 0 Å². The van der Waals surface area contributed by atoms with Crippen LogP contribution in [0.15, 0.2) is 16.6 Å². The predicted octanol–water partition coefficient (Wildman–Crippen LogP) is 2.29. The lowest BCUT2D eigenvalue weighted by Crippen LogP contribution is -1.94. The van der Waals surface area contributed by atoms with Gasteiger partial charge in [0.25, 0.3) is 0 Å². The van der Waals surface area contributed by atoms with Crippen molar-refractivity contribution in [2.45, 2.75) is 0 Å². The Labute approximate surface area is 104 Å². The Hall–Kier alpha value is -1.76. The van der Waals surface area contributed by atoms with Gasteiger partial charge in [-0.25, -0.2) is 4.39 Å². The summed E-state index contributed by atoms with van der Waals surface area (Å²) in [5.41, 5.74) is 6.21. The van der Waals surface area contributed by atoms with Gasteiger partial charge in [-0.2, -0.15) is 5.10 Å². The third-order valence-electron chi connectivity index (χ3n) is 2.42. The third kappa shape index (κ3) is 1.54. The van der Waals surface area contributed by atoms with Gasteiger partial charge in [0.2, 0.25) is 6.79 Å². The summed E-state index contributed by atoms with van der Waals surface area (Å²) < 4.78 is 24.9. The molecule has 3 rings (SSSR count). The van der Waals surface area contributed by atoms with E-state index in [1.165, 1.54) is 12.1 Å². The Bertz CT molecular complexity index is 599. The number of ether oxygens (including phenoxy) is 2. The van der Waals surface area contributed by atoms with E-state index in [-0.39, 0.29) is 18.2 Å². The van der Waals surface area contributed by atoms with Gasteiger partial charge in [0.1, 0.15) is 5.82 Å². The lowest BCUT2D eigenvalue weighted by Gasteiger charge is -2.06. The van der Waals surface area contributed by atoms with Crippen molar-refractivity contribution in [3.63, 3.8) is 0 Å². The highest BCUT2D eigenvalue weighted by molar-refractivity contribution is 9.10. The molecular formula is C10H7BrFN3O2. The Kier molecular flexibility index (Phi) is 2.22. The van der Waals surface area contributed by atoms with Crippen LogP contribution in [0.2, 0.25) is 0 Å². The molecule has 17 heavy (non-hydrogen) atoms. The Morgan fingerprint density at radius 2 is 2.24 bits per heavy atom. The molecule has 1 aliphatic heterocycles. The van der Waals surface area contributed by atoms with Gasteiger partial charge in [-0.3, -0.25) is 5.10 Å². The topological polar surface area (TPSA) is 73.2 Å². The zero-order chi connectivity index (χ0) is 12.0. The van der Waals surface area contributed by atoms with Crippen LogP contribution in [0.1, 0.15) is 0 Å². The first-order valence-corrected chi connectivity index (χ1v) is 5.55. The van der Waals surface area contributed by atoms with Gasteiger partial charge < -0.3 is 15.2 Å². The molecule has 0 aliphatic carbocycles. The fraction of sp³-hybridized carbons (Fsp3) is 0.100. The molecule has 2 heterocycles. The molecule has 3 N–H and O–H groups in total. The van der Waals surface area contributed by atoms with E-state index in [9.17, 15) is 4.39 Å². The number of nitrogen functional groups attached to an aromatic ring is 1. The minimum absolute atomic E-state index is 0.0713. The van der Waals surface area contributed by atoms with Crippen LogP contribution in [0.3, 0.4) is 0 Å². The van der Waals surface area contributed by atoms with Gasteiger partial charge in [-0.15, -0.1) is 0 Å². The van der Waals surface area contributed by atoms with Crippen molar-refractivity contribution in [3.05, 3.63) is 22.4 Å². The molecule has 0 fully saturated rings. The van der Waals surface area contributed by atoms with Gasteiger partial charge in [-0.05, 0) is 15.9 Å². The van der Waals surface area contributed by atoms with Crippen molar-refractivity contribution in [1.29, 1.82) is 0 Å². The summed E-state index contributed by atoms with van der Waals surface area (Å²) in [4.78, 5) is 0. The molecule has 0 bridgehead atoms. The van der Waals surface area contributed by atoms with Crippen LogP contribution in [-0.4, -0.2) is 17.0 Å². The summed E-state index contributed by atoms with van der Waals surface area (Å²) in [6.07, 6.45) is 0. The number of aromatic nitrogens is 2. The summed E-state index contributed by atoms with van der Waals surface area (Å²) in [7, 11) is 0. The molecule has 1 aliphatic rings. The fourth-order valence-electron chi connectivity index (χ4n) is 1.69. The summed E-state index contributed by atoms with van der Waals surface area (Å²) in [5, 5.41) is 6.41. The van der Waals surface area contributed by atoms with Crippen LogP contribution in [0, 0.1) is 5.82 Å². The summed E-state index contributed by atoms with van der Waals surface area (Å²) in [5.74, 6) is 0.681. The summed E-state index contributed by atoms with van der Waals surface area (Å²) >= 11 is 3.13. The first-order valence-electron chi connectivity index (χ1n) is 4.75. The molecule has 0 unspecified atom stereocenters. The van der Waals surface area contributed by atoms with Gasteiger partial charge in [0.15, 0.2) is 17.3 Å². The molecule has 7 heteroatoms. The zero-order valence-electron chi connectivity index (χ0n) is 8.46. The Balaban J connectivity index is 2.28. The molecule has 0 radical (unpaired) electrons. The zero-order valence-corrected chi connectivity index (χ0v) is 10.0. The van der Waals surface area contributed by atoms with E-state index in [4.69, 9.17) is 15.2 Å². The molecule has 1 aromatic heterocycles. The van der Waals surface area contributed by atoms with Crippen molar-refractivity contribution < 1.29 is 13.9 Å². The average molecular weight is 300 g/mol. The molecule has 0 atom stereocenters. The quantitative estimate of drug-likeness (QED) is 0.847. The number of aromatic amines is 1. The SMILES string of the molecule is Nc1cc(-c2c(F)c(Br)cc3c2OCO3)[nH]n1. The molecular weight excluding hydrogens is 293 g/mol. The normalized spacial score (nSPS) is 13.1. The van der Waals surface area contributed by atoms with Crippen LogP contribution < -0.4 is 15.2 Å². The van der Waals surface area contributed by atoms with Crippen molar-refractivity contribution in [1.82, 2.24) is 10.2 Å². The monoisotopic (exact) mass is 299 g/mol. The fourth-order valence-corrected chi connectivity index (χ4v) is 2.10. The molecule has 0 amide bonds. The average Bonchev–Trinajstić information content (AvgIpc) is 2.89. The van der Waals surface area contributed by atoms with Crippen LogP contribution >= 0.6 is 15.9 Å². The number of hydrogen-bond acceptors (Lipinski definition) is 4. The number of rotatable bonds is 1. The number of hydrogen-bond donors (Lipinski definition) is 2. The second kappa shape index (κ2) is 3.63. The van der Waals surface area contributed by atoms with Crippen molar-refractivity contribution in [2.24, 2.45) is 0 Å². The van der Waals surface area contributed by atoms with E-state index in [1.54, 1.807) is 0 Å². The number of H-pyrrole nitrogens is 1. The number of anilines is 1. The van der Waals surface area contributed by atoms with Crippen molar-refractivity contribution >= 4 is 21.7 Å². The highest BCUT2D eigenvalue weighted by Crippen LogP contribution is 2.45. The largest absolute Gasteiger partial charge is 0.454 e. The van der Waals surface area contributed by atoms with Gasteiger partial charge >= 0.3 is 0 Å². The molecule has 1 aromatic carbocycles. The van der Waals surface area contributed by atoms with Crippen LogP contribution in [0.5, 0.6) is 11.5 Å². The lowest BCUT2D eigenvalue weighted by atomic mass is 10.1. The number of nitrogens with one attached hydrogen (secondary N) is 1. The molecule has 0 spiro atoms. The maximum atomic E-state index is 14.1.